The molecule has 0 aromatic carbocycles. The minimum atomic E-state index is -4.42. The molecule has 3 fully saturated rings. The summed E-state index contributed by atoms with van der Waals surface area (Å²) in [5.41, 5.74) is -0.173. The summed E-state index contributed by atoms with van der Waals surface area (Å²) in [5, 5.41) is 3.85. The van der Waals surface area contributed by atoms with Crippen LogP contribution >= 0.6 is 0 Å². The third-order valence-corrected chi connectivity index (χ3v) is 9.21. The van der Waals surface area contributed by atoms with E-state index in [0.717, 1.165) is 58.0 Å². The van der Waals surface area contributed by atoms with E-state index in [4.69, 9.17) is 0 Å². The lowest BCUT2D eigenvalue weighted by Crippen LogP contribution is -2.49. The van der Waals surface area contributed by atoms with Gasteiger partial charge in [-0.25, -0.2) is 8.42 Å². The minimum Gasteiger partial charge on any atom is -0.300 e. The van der Waals surface area contributed by atoms with E-state index in [1.807, 2.05) is 13.8 Å². The van der Waals surface area contributed by atoms with Gasteiger partial charge in [-0.1, -0.05) is 0 Å². The fourth-order valence-corrected chi connectivity index (χ4v) is 8.07. The average Bonchev–Trinajstić information content (AvgIpc) is 3.24. The quantitative estimate of drug-likeness (QED) is 0.689. The van der Waals surface area contributed by atoms with Crippen LogP contribution in [0.25, 0.3) is 0 Å². The molecule has 1 aromatic heterocycles. The molecule has 30 heavy (non-hydrogen) atoms. The summed E-state index contributed by atoms with van der Waals surface area (Å²) >= 11 is 0. The minimum absolute atomic E-state index is 0.0776. The predicted octanol–water partition coefficient (Wildman–Crippen LogP) is 4.41. The summed E-state index contributed by atoms with van der Waals surface area (Å²) in [4.78, 5) is 2.47. The summed E-state index contributed by atoms with van der Waals surface area (Å²) in [5.74, 6) is 0.728. The lowest BCUT2D eigenvalue weighted by Gasteiger charge is -2.45. The van der Waals surface area contributed by atoms with Crippen molar-refractivity contribution in [2.24, 2.45) is 5.41 Å². The Morgan fingerprint density at radius 2 is 1.87 bits per heavy atom. The van der Waals surface area contributed by atoms with E-state index in [2.05, 4.69) is 10.00 Å². The number of hydrogen-bond donors (Lipinski definition) is 0. The molecule has 2 aliphatic heterocycles. The predicted molar refractivity (Wildman–Crippen MR) is 109 cm³/mol. The van der Waals surface area contributed by atoms with Gasteiger partial charge in [0, 0.05) is 30.2 Å². The van der Waals surface area contributed by atoms with Gasteiger partial charge in [-0.05, 0) is 76.8 Å². The van der Waals surface area contributed by atoms with E-state index in [1.165, 1.54) is 6.07 Å². The van der Waals surface area contributed by atoms with Gasteiger partial charge in [-0.3, -0.25) is 9.58 Å². The number of nitrogens with zero attached hydrogens (tertiary/aromatic N) is 3. The average molecular weight is 448 g/mol. The summed E-state index contributed by atoms with van der Waals surface area (Å²) < 4.78 is 65.2. The van der Waals surface area contributed by atoms with Gasteiger partial charge in [0.2, 0.25) is 0 Å². The normalized spacial score (nSPS) is 32.9. The maximum Gasteiger partial charge on any atom is 0.435 e. The smallest absolute Gasteiger partial charge is 0.300 e. The Balaban J connectivity index is 1.43. The Hall–Kier alpha value is -1.09. The molecule has 4 rings (SSSR count). The topological polar surface area (TPSA) is 55.2 Å². The van der Waals surface area contributed by atoms with Crippen LogP contribution in [0.15, 0.2) is 6.07 Å². The fraction of sp³-hybridized carbons (Fsp3) is 0.857. The number of sulfone groups is 1. The largest absolute Gasteiger partial charge is 0.435 e. The summed E-state index contributed by atoms with van der Waals surface area (Å²) in [7, 11) is -2.90. The fourth-order valence-electron chi connectivity index (χ4n) is 5.87. The van der Waals surface area contributed by atoms with E-state index in [9.17, 15) is 21.6 Å². The molecular formula is C21H32F3N3O2S. The van der Waals surface area contributed by atoms with Gasteiger partial charge in [0.05, 0.1) is 11.5 Å². The van der Waals surface area contributed by atoms with Crippen molar-refractivity contribution in [2.75, 3.05) is 24.6 Å². The highest BCUT2D eigenvalue weighted by molar-refractivity contribution is 7.91. The maximum atomic E-state index is 13.2. The van der Waals surface area contributed by atoms with Crippen LogP contribution in [0.5, 0.6) is 0 Å². The van der Waals surface area contributed by atoms with Gasteiger partial charge >= 0.3 is 6.18 Å². The maximum absolute atomic E-state index is 13.2. The summed E-state index contributed by atoms with van der Waals surface area (Å²) in [6, 6.07) is 1.53. The molecule has 1 aliphatic carbocycles. The van der Waals surface area contributed by atoms with E-state index in [1.54, 1.807) is 4.68 Å². The molecule has 0 N–H and O–H groups in total. The summed E-state index contributed by atoms with van der Waals surface area (Å²) in [6.07, 6.45) is 1.96. The molecule has 2 saturated heterocycles. The van der Waals surface area contributed by atoms with Crippen molar-refractivity contribution in [3.63, 3.8) is 0 Å². The standard InChI is InChI=1S/C21H32F3N3O2S/c1-15(2)27-18(12-19(25-27)21(22,23)24)16-4-6-17(7-5-16)26-10-3-8-20(13-26)9-11-30(28,29)14-20/h12,15-17H,3-11,13-14H2,1-2H3/t16-,17-,20-/m0/s1. The van der Waals surface area contributed by atoms with Crippen LogP contribution < -0.4 is 0 Å². The van der Waals surface area contributed by atoms with Crippen LogP contribution in [0.2, 0.25) is 0 Å². The number of likely N-dealkylation sites (tertiary alicyclic amines) is 1. The molecule has 1 saturated carbocycles. The van der Waals surface area contributed by atoms with Crippen LogP contribution in [0, 0.1) is 5.41 Å². The molecule has 0 unspecified atom stereocenters. The number of aromatic nitrogens is 2. The van der Waals surface area contributed by atoms with Gasteiger partial charge in [0.25, 0.3) is 0 Å². The van der Waals surface area contributed by atoms with Crippen LogP contribution in [0.3, 0.4) is 0 Å². The van der Waals surface area contributed by atoms with Crippen molar-refractivity contribution in [1.82, 2.24) is 14.7 Å². The molecule has 170 valence electrons. The van der Waals surface area contributed by atoms with Crippen molar-refractivity contribution in [3.05, 3.63) is 17.5 Å². The Kier molecular flexibility index (Phi) is 5.75. The van der Waals surface area contributed by atoms with Crippen LogP contribution in [-0.4, -0.2) is 53.7 Å². The first-order valence-electron chi connectivity index (χ1n) is 11.1. The summed E-state index contributed by atoms with van der Waals surface area (Å²) in [6.45, 7) is 5.58. The SMILES string of the molecule is CC(C)n1nc(C(F)(F)F)cc1[C@H]1CC[C@H](N2CCC[C@]3(CCS(=O)(=O)C3)C2)CC1. The van der Waals surface area contributed by atoms with Crippen LogP contribution in [0.4, 0.5) is 13.2 Å². The van der Waals surface area contributed by atoms with E-state index in [0.29, 0.717) is 23.2 Å². The van der Waals surface area contributed by atoms with Crippen molar-refractivity contribution in [2.45, 2.75) is 83.0 Å². The highest BCUT2D eigenvalue weighted by atomic mass is 32.2. The van der Waals surface area contributed by atoms with Gasteiger partial charge in [-0.15, -0.1) is 0 Å². The second-order valence-electron chi connectivity index (χ2n) is 9.91. The highest BCUT2D eigenvalue weighted by Gasteiger charge is 2.46. The number of hydrogen-bond acceptors (Lipinski definition) is 4. The lowest BCUT2D eigenvalue weighted by molar-refractivity contribution is -0.141. The molecule has 3 heterocycles. The Labute approximate surface area is 176 Å². The third kappa shape index (κ3) is 4.42. The number of halogens is 3. The highest BCUT2D eigenvalue weighted by Crippen LogP contribution is 2.44. The molecular weight excluding hydrogens is 415 g/mol. The Morgan fingerprint density at radius 1 is 1.17 bits per heavy atom. The van der Waals surface area contributed by atoms with E-state index < -0.39 is 21.7 Å². The van der Waals surface area contributed by atoms with Gasteiger partial charge in [0.1, 0.15) is 0 Å². The Morgan fingerprint density at radius 3 is 2.43 bits per heavy atom. The monoisotopic (exact) mass is 447 g/mol. The van der Waals surface area contributed by atoms with Crippen molar-refractivity contribution in [1.29, 1.82) is 0 Å². The molecule has 3 aliphatic rings. The molecule has 5 nitrogen and oxygen atoms in total. The third-order valence-electron chi connectivity index (χ3n) is 7.34. The molecule has 1 atom stereocenters. The molecule has 0 bridgehead atoms. The first kappa shape index (κ1) is 22.1. The molecule has 0 radical (unpaired) electrons. The van der Waals surface area contributed by atoms with Crippen molar-refractivity contribution >= 4 is 9.84 Å². The van der Waals surface area contributed by atoms with Crippen molar-refractivity contribution in [3.8, 4) is 0 Å². The first-order chi connectivity index (χ1) is 14.0. The van der Waals surface area contributed by atoms with Gasteiger partial charge in [0.15, 0.2) is 15.5 Å². The zero-order chi connectivity index (χ0) is 21.7. The van der Waals surface area contributed by atoms with E-state index in [-0.39, 0.29) is 17.4 Å². The first-order valence-corrected chi connectivity index (χ1v) is 12.9. The van der Waals surface area contributed by atoms with Gasteiger partial charge < -0.3 is 0 Å². The number of alkyl halides is 3. The number of rotatable bonds is 3. The molecule has 9 heteroatoms. The zero-order valence-corrected chi connectivity index (χ0v) is 18.6. The second-order valence-corrected chi connectivity index (χ2v) is 12.1. The van der Waals surface area contributed by atoms with Gasteiger partial charge in [-0.2, -0.15) is 18.3 Å². The van der Waals surface area contributed by atoms with E-state index >= 15 is 0 Å². The second kappa shape index (κ2) is 7.80. The zero-order valence-electron chi connectivity index (χ0n) is 17.8. The molecule has 1 spiro atoms. The van der Waals surface area contributed by atoms with Crippen molar-refractivity contribution < 1.29 is 21.6 Å². The molecule has 1 aromatic rings. The molecule has 0 amide bonds. The van der Waals surface area contributed by atoms with Crippen LogP contribution in [0.1, 0.15) is 82.1 Å². The van der Waals surface area contributed by atoms with Crippen LogP contribution in [-0.2, 0) is 16.0 Å². The lowest BCUT2D eigenvalue weighted by atomic mass is 9.77. The number of piperidine rings is 1. The Bertz CT molecular complexity index is 873.